The molecule has 0 radical (unpaired) electrons. The van der Waals surface area contributed by atoms with Crippen LogP contribution < -0.4 is 0 Å². The largest absolute Gasteiger partial charge is 0.467 e. The van der Waals surface area contributed by atoms with Crippen LogP contribution in [0.4, 0.5) is 0 Å². The number of benzene rings is 1. The fraction of sp³-hybridized carbons (Fsp3) is 0.231. The molecule has 0 bridgehead atoms. The van der Waals surface area contributed by atoms with E-state index in [4.69, 9.17) is 0 Å². The number of nitrogens with zero attached hydrogens (tertiary/aromatic N) is 1. The summed E-state index contributed by atoms with van der Waals surface area (Å²) in [6, 6.07) is 9.42. The van der Waals surface area contributed by atoms with Crippen LogP contribution in [0.25, 0.3) is 10.9 Å². The molecule has 0 aliphatic rings. The highest BCUT2D eigenvalue weighted by molar-refractivity contribution is 5.79. The van der Waals surface area contributed by atoms with E-state index in [1.54, 1.807) is 6.20 Å². The quantitative estimate of drug-likeness (QED) is 0.809. The zero-order valence-electron chi connectivity index (χ0n) is 9.46. The van der Waals surface area contributed by atoms with E-state index in [1.807, 2.05) is 30.3 Å². The SMILES string of the molecule is COC(=O)C(O)Cc1ccc2ncccc2c1. The standard InChI is InChI=1S/C13H13NO3/c1-17-13(16)12(15)8-9-4-5-11-10(7-9)3-2-6-14-11/h2-7,12,15H,8H2,1H3. The number of hydrogen-bond donors (Lipinski definition) is 1. The zero-order valence-corrected chi connectivity index (χ0v) is 9.46. The predicted octanol–water partition coefficient (Wildman–Crippen LogP) is 1.31. The second-order valence-corrected chi connectivity index (χ2v) is 3.77. The van der Waals surface area contributed by atoms with E-state index >= 15 is 0 Å². The van der Waals surface area contributed by atoms with Crippen molar-refractivity contribution in [3.05, 3.63) is 42.1 Å². The molecule has 1 heterocycles. The molecular weight excluding hydrogens is 218 g/mol. The van der Waals surface area contributed by atoms with Crippen LogP contribution >= 0.6 is 0 Å². The summed E-state index contributed by atoms with van der Waals surface area (Å²) in [5, 5.41) is 10.5. The Hall–Kier alpha value is -1.94. The summed E-state index contributed by atoms with van der Waals surface area (Å²) < 4.78 is 4.47. The minimum atomic E-state index is -1.12. The lowest BCUT2D eigenvalue weighted by Gasteiger charge is -2.08. The Morgan fingerprint density at radius 2 is 2.29 bits per heavy atom. The van der Waals surface area contributed by atoms with Crippen LogP contribution in [0.2, 0.25) is 0 Å². The van der Waals surface area contributed by atoms with Crippen molar-refractivity contribution in [1.82, 2.24) is 4.98 Å². The van der Waals surface area contributed by atoms with Gasteiger partial charge in [0.25, 0.3) is 0 Å². The number of esters is 1. The monoisotopic (exact) mass is 231 g/mol. The first-order valence-corrected chi connectivity index (χ1v) is 5.30. The van der Waals surface area contributed by atoms with E-state index in [0.29, 0.717) is 0 Å². The minimum Gasteiger partial charge on any atom is -0.467 e. The first-order chi connectivity index (χ1) is 8.20. The van der Waals surface area contributed by atoms with E-state index in [0.717, 1.165) is 16.5 Å². The lowest BCUT2D eigenvalue weighted by molar-refractivity contribution is -0.150. The van der Waals surface area contributed by atoms with Gasteiger partial charge in [-0.3, -0.25) is 4.98 Å². The summed E-state index contributed by atoms with van der Waals surface area (Å²) in [4.78, 5) is 15.3. The molecule has 1 atom stereocenters. The van der Waals surface area contributed by atoms with E-state index < -0.39 is 12.1 Å². The molecule has 2 rings (SSSR count). The molecule has 0 aliphatic heterocycles. The van der Waals surface area contributed by atoms with Gasteiger partial charge < -0.3 is 9.84 Å². The van der Waals surface area contributed by atoms with Gasteiger partial charge in [0.1, 0.15) is 0 Å². The summed E-state index contributed by atoms with van der Waals surface area (Å²) in [6.07, 6.45) is 0.858. The Labute approximate surface area is 98.9 Å². The number of fused-ring (bicyclic) bond motifs is 1. The maximum atomic E-state index is 11.1. The summed E-state index contributed by atoms with van der Waals surface area (Å²) in [5.74, 6) is -0.615. The van der Waals surface area contributed by atoms with Gasteiger partial charge in [-0.15, -0.1) is 0 Å². The number of methoxy groups -OCH3 is 1. The summed E-state index contributed by atoms with van der Waals surface area (Å²) in [6.45, 7) is 0. The van der Waals surface area contributed by atoms with Crippen LogP contribution in [-0.2, 0) is 16.0 Å². The lowest BCUT2D eigenvalue weighted by atomic mass is 10.1. The normalized spacial score (nSPS) is 12.4. The molecule has 0 amide bonds. The van der Waals surface area contributed by atoms with Crippen LogP contribution in [0.3, 0.4) is 0 Å². The van der Waals surface area contributed by atoms with Gasteiger partial charge in [-0.1, -0.05) is 12.1 Å². The number of hydrogen-bond acceptors (Lipinski definition) is 4. The molecular formula is C13H13NO3. The van der Waals surface area contributed by atoms with Crippen molar-refractivity contribution in [3.8, 4) is 0 Å². The number of carbonyl (C=O) groups is 1. The molecule has 0 aliphatic carbocycles. The Kier molecular flexibility index (Phi) is 3.35. The van der Waals surface area contributed by atoms with E-state index in [-0.39, 0.29) is 6.42 Å². The minimum absolute atomic E-state index is 0.248. The van der Waals surface area contributed by atoms with Gasteiger partial charge in [-0.05, 0) is 23.8 Å². The van der Waals surface area contributed by atoms with Gasteiger partial charge in [-0.25, -0.2) is 4.79 Å². The van der Waals surface area contributed by atoms with Crippen molar-refractivity contribution in [2.75, 3.05) is 7.11 Å². The van der Waals surface area contributed by atoms with E-state index in [1.165, 1.54) is 7.11 Å². The van der Waals surface area contributed by atoms with E-state index in [2.05, 4.69) is 9.72 Å². The summed E-state index contributed by atoms with van der Waals surface area (Å²) in [5.41, 5.74) is 1.77. The molecule has 0 saturated heterocycles. The maximum Gasteiger partial charge on any atom is 0.335 e. The number of aliphatic hydroxyl groups excluding tert-OH is 1. The van der Waals surface area contributed by atoms with E-state index in [9.17, 15) is 9.90 Å². The van der Waals surface area contributed by atoms with Crippen LogP contribution in [0.5, 0.6) is 0 Å². The number of pyridine rings is 1. The third-order valence-corrected chi connectivity index (χ3v) is 2.57. The van der Waals surface area contributed by atoms with Crippen LogP contribution in [0.15, 0.2) is 36.5 Å². The molecule has 2 aromatic rings. The maximum absolute atomic E-state index is 11.1. The van der Waals surface area contributed by atoms with Gasteiger partial charge in [0.15, 0.2) is 6.10 Å². The van der Waals surface area contributed by atoms with Crippen molar-refractivity contribution >= 4 is 16.9 Å². The molecule has 17 heavy (non-hydrogen) atoms. The molecule has 4 nitrogen and oxygen atoms in total. The van der Waals surface area contributed by atoms with Gasteiger partial charge in [0, 0.05) is 18.0 Å². The first-order valence-electron chi connectivity index (χ1n) is 5.30. The predicted molar refractivity (Wildman–Crippen MR) is 63.5 cm³/mol. The number of rotatable bonds is 3. The molecule has 88 valence electrons. The van der Waals surface area contributed by atoms with Crippen molar-refractivity contribution in [3.63, 3.8) is 0 Å². The fourth-order valence-corrected chi connectivity index (χ4v) is 1.69. The molecule has 4 heteroatoms. The number of aliphatic hydroxyl groups is 1. The molecule has 0 saturated carbocycles. The van der Waals surface area contributed by atoms with Gasteiger partial charge in [0.2, 0.25) is 0 Å². The first kappa shape index (κ1) is 11.5. The summed E-state index contributed by atoms with van der Waals surface area (Å²) >= 11 is 0. The average Bonchev–Trinajstić information content (AvgIpc) is 2.37. The Bertz CT molecular complexity index is 539. The highest BCUT2D eigenvalue weighted by atomic mass is 16.5. The van der Waals surface area contributed by atoms with Crippen molar-refractivity contribution in [2.45, 2.75) is 12.5 Å². The number of ether oxygens (including phenoxy) is 1. The second kappa shape index (κ2) is 4.93. The Balaban J connectivity index is 2.22. The van der Waals surface area contributed by atoms with Gasteiger partial charge >= 0.3 is 5.97 Å². The third-order valence-electron chi connectivity index (χ3n) is 2.57. The highest BCUT2D eigenvalue weighted by Gasteiger charge is 2.15. The van der Waals surface area contributed by atoms with Gasteiger partial charge in [0.05, 0.1) is 12.6 Å². The van der Waals surface area contributed by atoms with Crippen molar-refractivity contribution in [2.24, 2.45) is 0 Å². The number of carbonyl (C=O) groups excluding carboxylic acids is 1. The number of aromatic nitrogens is 1. The highest BCUT2D eigenvalue weighted by Crippen LogP contribution is 2.14. The van der Waals surface area contributed by atoms with Gasteiger partial charge in [-0.2, -0.15) is 0 Å². The Morgan fingerprint density at radius 3 is 3.06 bits per heavy atom. The molecule has 1 N–H and O–H groups in total. The topological polar surface area (TPSA) is 59.4 Å². The zero-order chi connectivity index (χ0) is 12.3. The molecule has 1 aromatic heterocycles. The third kappa shape index (κ3) is 2.60. The Morgan fingerprint density at radius 1 is 1.47 bits per heavy atom. The average molecular weight is 231 g/mol. The molecule has 0 fully saturated rings. The fourth-order valence-electron chi connectivity index (χ4n) is 1.69. The molecule has 1 unspecified atom stereocenters. The summed E-state index contributed by atoms with van der Waals surface area (Å²) in [7, 11) is 1.26. The lowest BCUT2D eigenvalue weighted by Crippen LogP contribution is -2.24. The smallest absolute Gasteiger partial charge is 0.335 e. The van der Waals surface area contributed by atoms with Crippen LogP contribution in [-0.4, -0.2) is 29.3 Å². The second-order valence-electron chi connectivity index (χ2n) is 3.77. The van der Waals surface area contributed by atoms with Crippen molar-refractivity contribution in [1.29, 1.82) is 0 Å². The molecule has 0 spiro atoms. The molecule has 1 aromatic carbocycles. The van der Waals surface area contributed by atoms with Crippen LogP contribution in [0.1, 0.15) is 5.56 Å². The van der Waals surface area contributed by atoms with Crippen molar-refractivity contribution < 1.29 is 14.6 Å². The van der Waals surface area contributed by atoms with Crippen LogP contribution in [0, 0.1) is 0 Å².